The molecule has 0 radical (unpaired) electrons. The van der Waals surface area contributed by atoms with E-state index in [-0.39, 0.29) is 6.03 Å². The lowest BCUT2D eigenvalue weighted by Gasteiger charge is -2.47. The van der Waals surface area contributed by atoms with Crippen LogP contribution in [-0.4, -0.2) is 48.1 Å². The van der Waals surface area contributed by atoms with Gasteiger partial charge in [0.15, 0.2) is 0 Å². The van der Waals surface area contributed by atoms with E-state index in [0.29, 0.717) is 6.04 Å². The molecule has 0 bridgehead atoms. The third-order valence-corrected chi connectivity index (χ3v) is 6.07. The number of benzene rings is 2. The lowest BCUT2D eigenvalue weighted by atomic mass is 9.89. The zero-order valence-corrected chi connectivity index (χ0v) is 16.1. The summed E-state index contributed by atoms with van der Waals surface area (Å²) in [7, 11) is 0. The van der Waals surface area contributed by atoms with Crippen molar-refractivity contribution in [3.8, 4) is 0 Å². The van der Waals surface area contributed by atoms with E-state index in [2.05, 4.69) is 40.5 Å². The molecule has 2 aliphatic heterocycles. The summed E-state index contributed by atoms with van der Waals surface area (Å²) >= 11 is 0. The molecule has 0 aliphatic carbocycles. The van der Waals surface area contributed by atoms with Gasteiger partial charge >= 0.3 is 6.03 Å². The van der Waals surface area contributed by atoms with Crippen molar-refractivity contribution in [2.45, 2.75) is 32.2 Å². The highest BCUT2D eigenvalue weighted by Gasteiger charge is 2.36. The standard InChI is InChI=1S/C23H29N3O/c1-18-7-5-6-10-22(18)24-23(27)26-16-21(17-26)25-13-11-20(12-14-25)15-19-8-3-2-4-9-19/h2-10,20-21H,11-17H2,1H3,(H,24,27). The number of nitrogens with zero attached hydrogens (tertiary/aromatic N) is 2. The molecule has 4 heteroatoms. The van der Waals surface area contributed by atoms with Crippen LogP contribution in [0.25, 0.3) is 0 Å². The quantitative estimate of drug-likeness (QED) is 0.885. The van der Waals surface area contributed by atoms with Crippen molar-refractivity contribution in [2.24, 2.45) is 5.92 Å². The second-order valence-electron chi connectivity index (χ2n) is 7.97. The minimum Gasteiger partial charge on any atom is -0.321 e. The van der Waals surface area contributed by atoms with Gasteiger partial charge in [-0.2, -0.15) is 0 Å². The summed E-state index contributed by atoms with van der Waals surface area (Å²) in [4.78, 5) is 16.9. The van der Waals surface area contributed by atoms with E-state index >= 15 is 0 Å². The largest absolute Gasteiger partial charge is 0.321 e. The van der Waals surface area contributed by atoms with Crippen molar-refractivity contribution < 1.29 is 4.79 Å². The van der Waals surface area contributed by atoms with Gasteiger partial charge in [0.25, 0.3) is 0 Å². The van der Waals surface area contributed by atoms with Crippen molar-refractivity contribution in [2.75, 3.05) is 31.5 Å². The number of aryl methyl sites for hydroxylation is 1. The van der Waals surface area contributed by atoms with Crippen LogP contribution in [0.5, 0.6) is 0 Å². The summed E-state index contributed by atoms with van der Waals surface area (Å²) < 4.78 is 0. The Kier molecular flexibility index (Phi) is 5.44. The van der Waals surface area contributed by atoms with Crippen LogP contribution in [0.15, 0.2) is 54.6 Å². The van der Waals surface area contributed by atoms with Crippen molar-refractivity contribution >= 4 is 11.7 Å². The minimum atomic E-state index is 0.0273. The Hall–Kier alpha value is -2.33. The SMILES string of the molecule is Cc1ccccc1NC(=O)N1CC(N2CCC(Cc3ccccc3)CC2)C1. The third kappa shape index (κ3) is 4.33. The van der Waals surface area contributed by atoms with E-state index < -0.39 is 0 Å². The molecule has 2 aromatic rings. The molecule has 2 saturated heterocycles. The van der Waals surface area contributed by atoms with Gasteiger partial charge in [0.2, 0.25) is 0 Å². The molecule has 2 aliphatic rings. The average Bonchev–Trinajstić information content (AvgIpc) is 2.65. The number of urea groups is 1. The molecular formula is C23H29N3O. The van der Waals surface area contributed by atoms with Gasteiger partial charge in [-0.3, -0.25) is 4.90 Å². The van der Waals surface area contributed by atoms with Crippen LogP contribution in [0.3, 0.4) is 0 Å². The molecule has 1 N–H and O–H groups in total. The van der Waals surface area contributed by atoms with E-state index in [1.54, 1.807) is 0 Å². The van der Waals surface area contributed by atoms with Gasteiger partial charge in [0.1, 0.15) is 0 Å². The summed E-state index contributed by atoms with van der Waals surface area (Å²) in [6.07, 6.45) is 3.73. The Morgan fingerprint density at radius 1 is 1.00 bits per heavy atom. The number of carbonyl (C=O) groups is 1. The first-order valence-corrected chi connectivity index (χ1v) is 10.1. The van der Waals surface area contributed by atoms with Crippen LogP contribution >= 0.6 is 0 Å². The Morgan fingerprint density at radius 2 is 1.67 bits per heavy atom. The molecule has 0 unspecified atom stereocenters. The molecule has 2 fully saturated rings. The van der Waals surface area contributed by atoms with E-state index in [9.17, 15) is 4.79 Å². The van der Waals surface area contributed by atoms with Crippen LogP contribution in [0.4, 0.5) is 10.5 Å². The molecule has 27 heavy (non-hydrogen) atoms. The van der Waals surface area contributed by atoms with Gasteiger partial charge in [-0.1, -0.05) is 48.5 Å². The number of carbonyl (C=O) groups excluding carboxylic acids is 1. The number of hydrogen-bond acceptors (Lipinski definition) is 2. The number of nitrogens with one attached hydrogen (secondary N) is 1. The predicted octanol–water partition coefficient (Wildman–Crippen LogP) is 4.17. The average molecular weight is 364 g/mol. The van der Waals surface area contributed by atoms with Crippen LogP contribution in [0.2, 0.25) is 0 Å². The fourth-order valence-corrected chi connectivity index (χ4v) is 4.23. The molecule has 2 heterocycles. The Balaban J connectivity index is 1.20. The summed E-state index contributed by atoms with van der Waals surface area (Å²) in [6.45, 7) is 6.04. The smallest absolute Gasteiger partial charge is 0.321 e. The summed E-state index contributed by atoms with van der Waals surface area (Å²) in [5.74, 6) is 0.796. The number of likely N-dealkylation sites (tertiary alicyclic amines) is 2. The van der Waals surface area contributed by atoms with E-state index in [1.807, 2.05) is 36.1 Å². The Morgan fingerprint density at radius 3 is 2.37 bits per heavy atom. The van der Waals surface area contributed by atoms with Gasteiger partial charge in [-0.05, 0) is 62.4 Å². The fourth-order valence-electron chi connectivity index (χ4n) is 4.23. The number of amides is 2. The van der Waals surface area contributed by atoms with E-state index in [0.717, 1.165) is 43.3 Å². The molecule has 4 rings (SSSR count). The highest BCUT2D eigenvalue weighted by Crippen LogP contribution is 2.26. The Labute approximate surface area is 162 Å². The van der Waals surface area contributed by atoms with Crippen molar-refractivity contribution in [3.63, 3.8) is 0 Å². The van der Waals surface area contributed by atoms with Crippen LogP contribution < -0.4 is 5.32 Å². The second-order valence-corrected chi connectivity index (χ2v) is 7.97. The number of hydrogen-bond donors (Lipinski definition) is 1. The number of piperidine rings is 1. The van der Waals surface area contributed by atoms with Crippen LogP contribution in [0.1, 0.15) is 24.0 Å². The van der Waals surface area contributed by atoms with E-state index in [4.69, 9.17) is 0 Å². The second kappa shape index (κ2) is 8.13. The van der Waals surface area contributed by atoms with Crippen molar-refractivity contribution in [1.82, 2.24) is 9.80 Å². The number of anilines is 1. The molecule has 4 nitrogen and oxygen atoms in total. The molecule has 142 valence electrons. The number of para-hydroxylation sites is 1. The maximum absolute atomic E-state index is 12.4. The maximum atomic E-state index is 12.4. The molecule has 0 atom stereocenters. The monoisotopic (exact) mass is 363 g/mol. The first-order valence-electron chi connectivity index (χ1n) is 10.1. The van der Waals surface area contributed by atoms with Gasteiger partial charge in [0.05, 0.1) is 0 Å². The molecule has 0 spiro atoms. The van der Waals surface area contributed by atoms with Crippen LogP contribution in [-0.2, 0) is 6.42 Å². The van der Waals surface area contributed by atoms with E-state index in [1.165, 1.54) is 24.8 Å². The summed E-state index contributed by atoms with van der Waals surface area (Å²) in [6, 6.07) is 19.3. The van der Waals surface area contributed by atoms with Gasteiger partial charge < -0.3 is 10.2 Å². The van der Waals surface area contributed by atoms with Gasteiger partial charge in [-0.25, -0.2) is 4.79 Å². The normalized spacial score (nSPS) is 18.9. The minimum absolute atomic E-state index is 0.0273. The number of rotatable bonds is 4. The first-order chi connectivity index (χ1) is 13.2. The molecule has 0 saturated carbocycles. The highest BCUT2D eigenvalue weighted by atomic mass is 16.2. The molecule has 2 amide bonds. The maximum Gasteiger partial charge on any atom is 0.321 e. The van der Waals surface area contributed by atoms with Gasteiger partial charge in [-0.15, -0.1) is 0 Å². The van der Waals surface area contributed by atoms with Gasteiger partial charge in [0, 0.05) is 24.8 Å². The zero-order chi connectivity index (χ0) is 18.6. The van der Waals surface area contributed by atoms with Crippen molar-refractivity contribution in [3.05, 3.63) is 65.7 Å². The third-order valence-electron chi connectivity index (χ3n) is 6.07. The first kappa shape index (κ1) is 18.1. The summed E-state index contributed by atoms with van der Waals surface area (Å²) in [5, 5.41) is 3.04. The highest BCUT2D eigenvalue weighted by molar-refractivity contribution is 5.90. The van der Waals surface area contributed by atoms with Crippen molar-refractivity contribution in [1.29, 1.82) is 0 Å². The fraction of sp³-hybridized carbons (Fsp3) is 0.435. The molecular weight excluding hydrogens is 334 g/mol. The zero-order valence-electron chi connectivity index (χ0n) is 16.1. The van der Waals surface area contributed by atoms with Crippen LogP contribution in [0, 0.1) is 12.8 Å². The lowest BCUT2D eigenvalue weighted by molar-refractivity contribution is 0.0383. The lowest BCUT2D eigenvalue weighted by Crippen LogP contribution is -2.63. The predicted molar refractivity (Wildman–Crippen MR) is 110 cm³/mol. The molecule has 0 aromatic heterocycles. The topological polar surface area (TPSA) is 35.6 Å². The summed E-state index contributed by atoms with van der Waals surface area (Å²) in [5.41, 5.74) is 3.47. The Bertz CT molecular complexity index is 762. The molecule has 2 aromatic carbocycles.